The third-order valence-corrected chi connectivity index (χ3v) is 6.47. The van der Waals surface area contributed by atoms with Gasteiger partial charge in [0.05, 0.1) is 0 Å². The average Bonchev–Trinajstić information content (AvgIpc) is 2.40. The maximum Gasteiger partial charge on any atom is 0.0110 e. The third kappa shape index (κ3) is 3.06. The minimum absolute atomic E-state index is 0.797. The number of nitrogens with one attached hydrogen (secondary N) is 1. The van der Waals surface area contributed by atoms with Crippen molar-refractivity contribution in [1.82, 2.24) is 10.2 Å². The Morgan fingerprint density at radius 2 is 1.55 bits per heavy atom. The van der Waals surface area contributed by atoms with E-state index in [0.717, 1.165) is 36.0 Å². The van der Waals surface area contributed by atoms with Crippen LogP contribution in [-0.2, 0) is 0 Å². The SMILES string of the molecule is CC(C)C1CCCCC1NC1CC2CCCC(C1)N2C. The van der Waals surface area contributed by atoms with Crippen molar-refractivity contribution in [3.8, 4) is 0 Å². The molecule has 1 N–H and O–H groups in total. The molecule has 0 aromatic carbocycles. The molecule has 2 bridgehead atoms. The van der Waals surface area contributed by atoms with Crippen molar-refractivity contribution in [2.45, 2.75) is 95.8 Å². The van der Waals surface area contributed by atoms with Gasteiger partial charge in [-0.25, -0.2) is 0 Å². The molecular weight excluding hydrogens is 244 g/mol. The zero-order valence-electron chi connectivity index (χ0n) is 13.8. The molecule has 0 spiro atoms. The monoisotopic (exact) mass is 278 g/mol. The summed E-state index contributed by atoms with van der Waals surface area (Å²) < 4.78 is 0. The molecule has 2 saturated heterocycles. The molecule has 1 saturated carbocycles. The van der Waals surface area contributed by atoms with Crippen LogP contribution in [0.25, 0.3) is 0 Å². The molecule has 116 valence electrons. The Kier molecular flexibility index (Phi) is 4.72. The third-order valence-electron chi connectivity index (χ3n) is 6.47. The fraction of sp³-hybridized carbons (Fsp3) is 1.00. The Morgan fingerprint density at radius 3 is 2.20 bits per heavy atom. The van der Waals surface area contributed by atoms with Crippen molar-refractivity contribution in [3.05, 3.63) is 0 Å². The zero-order chi connectivity index (χ0) is 14.1. The first-order valence-corrected chi connectivity index (χ1v) is 9.13. The first kappa shape index (κ1) is 14.8. The van der Waals surface area contributed by atoms with Gasteiger partial charge in [0.25, 0.3) is 0 Å². The second-order valence-electron chi connectivity index (χ2n) is 8.04. The van der Waals surface area contributed by atoms with Crippen LogP contribution in [0.15, 0.2) is 0 Å². The van der Waals surface area contributed by atoms with E-state index in [1.54, 1.807) is 0 Å². The summed E-state index contributed by atoms with van der Waals surface area (Å²) in [6.07, 6.45) is 12.9. The number of piperidine rings is 2. The van der Waals surface area contributed by atoms with Gasteiger partial charge < -0.3 is 10.2 Å². The van der Waals surface area contributed by atoms with Crippen molar-refractivity contribution in [2.24, 2.45) is 11.8 Å². The second-order valence-corrected chi connectivity index (χ2v) is 8.04. The summed E-state index contributed by atoms with van der Waals surface area (Å²) in [5, 5.41) is 4.11. The van der Waals surface area contributed by atoms with Gasteiger partial charge in [0, 0.05) is 24.2 Å². The van der Waals surface area contributed by atoms with Crippen molar-refractivity contribution in [2.75, 3.05) is 7.05 Å². The molecule has 3 rings (SSSR count). The predicted octanol–water partition coefficient (Wildman–Crippen LogP) is 3.81. The minimum atomic E-state index is 0.797. The summed E-state index contributed by atoms with van der Waals surface area (Å²) in [6.45, 7) is 4.85. The Morgan fingerprint density at radius 1 is 0.900 bits per heavy atom. The van der Waals surface area contributed by atoms with Gasteiger partial charge in [-0.2, -0.15) is 0 Å². The van der Waals surface area contributed by atoms with E-state index in [9.17, 15) is 0 Å². The lowest BCUT2D eigenvalue weighted by molar-refractivity contribution is 0.0395. The lowest BCUT2D eigenvalue weighted by atomic mass is 9.76. The molecule has 0 aromatic rings. The van der Waals surface area contributed by atoms with Crippen LogP contribution in [0.4, 0.5) is 0 Å². The summed E-state index contributed by atoms with van der Waals surface area (Å²) in [7, 11) is 2.36. The van der Waals surface area contributed by atoms with E-state index in [0.29, 0.717) is 0 Å². The first-order chi connectivity index (χ1) is 9.65. The maximum absolute atomic E-state index is 4.11. The molecule has 3 aliphatic rings. The topological polar surface area (TPSA) is 15.3 Å². The van der Waals surface area contributed by atoms with Gasteiger partial charge in [0.2, 0.25) is 0 Å². The molecule has 4 unspecified atom stereocenters. The Hall–Kier alpha value is -0.0800. The number of hydrogen-bond donors (Lipinski definition) is 1. The summed E-state index contributed by atoms with van der Waals surface area (Å²) >= 11 is 0. The fourth-order valence-corrected chi connectivity index (χ4v) is 5.22. The van der Waals surface area contributed by atoms with E-state index in [1.165, 1.54) is 57.8 Å². The predicted molar refractivity (Wildman–Crippen MR) is 85.9 cm³/mol. The molecule has 20 heavy (non-hydrogen) atoms. The lowest BCUT2D eigenvalue weighted by Crippen LogP contribution is -2.57. The maximum atomic E-state index is 4.11. The molecular formula is C18H34N2. The summed E-state index contributed by atoms with van der Waals surface area (Å²) in [5.41, 5.74) is 0. The van der Waals surface area contributed by atoms with Crippen LogP contribution in [0.5, 0.6) is 0 Å². The van der Waals surface area contributed by atoms with E-state index in [2.05, 4.69) is 31.1 Å². The number of nitrogens with zero attached hydrogens (tertiary/aromatic N) is 1. The first-order valence-electron chi connectivity index (χ1n) is 9.13. The van der Waals surface area contributed by atoms with Crippen LogP contribution in [-0.4, -0.2) is 36.1 Å². The average molecular weight is 278 g/mol. The van der Waals surface area contributed by atoms with Gasteiger partial charge in [0.15, 0.2) is 0 Å². The van der Waals surface area contributed by atoms with E-state index in [4.69, 9.17) is 0 Å². The van der Waals surface area contributed by atoms with Crippen LogP contribution in [0.2, 0.25) is 0 Å². The van der Waals surface area contributed by atoms with Gasteiger partial charge in [-0.1, -0.05) is 33.1 Å². The molecule has 4 atom stereocenters. The number of hydrogen-bond acceptors (Lipinski definition) is 2. The second kappa shape index (κ2) is 6.36. The molecule has 0 aromatic heterocycles. The minimum Gasteiger partial charge on any atom is -0.311 e. The van der Waals surface area contributed by atoms with Crippen molar-refractivity contribution in [1.29, 1.82) is 0 Å². The molecule has 0 radical (unpaired) electrons. The van der Waals surface area contributed by atoms with E-state index in [1.807, 2.05) is 0 Å². The quantitative estimate of drug-likeness (QED) is 0.844. The normalized spacial score (nSPS) is 42.9. The van der Waals surface area contributed by atoms with Crippen LogP contribution in [0.3, 0.4) is 0 Å². The van der Waals surface area contributed by atoms with Crippen molar-refractivity contribution >= 4 is 0 Å². The molecule has 3 fully saturated rings. The van der Waals surface area contributed by atoms with E-state index >= 15 is 0 Å². The molecule has 0 amide bonds. The van der Waals surface area contributed by atoms with Gasteiger partial charge >= 0.3 is 0 Å². The number of fused-ring (bicyclic) bond motifs is 2. The standard InChI is InChI=1S/C18H34N2/c1-13(2)17-9-4-5-10-18(17)19-14-11-15-7-6-8-16(12-14)20(15)3/h13-19H,4-12H2,1-3H3. The molecule has 1 aliphatic carbocycles. The van der Waals surface area contributed by atoms with Gasteiger partial charge in [-0.05, 0) is 57.4 Å². The smallest absolute Gasteiger partial charge is 0.0110 e. The van der Waals surface area contributed by atoms with Gasteiger partial charge in [-0.3, -0.25) is 0 Å². The highest BCUT2D eigenvalue weighted by molar-refractivity contribution is 4.95. The number of rotatable bonds is 3. The summed E-state index contributed by atoms with van der Waals surface area (Å²) in [6, 6.07) is 3.32. The Labute approximate surface area is 125 Å². The summed E-state index contributed by atoms with van der Waals surface area (Å²) in [4.78, 5) is 2.68. The molecule has 2 nitrogen and oxygen atoms in total. The summed E-state index contributed by atoms with van der Waals surface area (Å²) in [5.74, 6) is 1.77. The molecule has 2 heterocycles. The lowest BCUT2D eigenvalue weighted by Gasteiger charge is -2.49. The Balaban J connectivity index is 1.59. The highest BCUT2D eigenvalue weighted by Crippen LogP contribution is 2.35. The van der Waals surface area contributed by atoms with Crippen molar-refractivity contribution < 1.29 is 0 Å². The Bertz CT molecular complexity index is 301. The molecule has 2 heteroatoms. The van der Waals surface area contributed by atoms with Crippen molar-refractivity contribution in [3.63, 3.8) is 0 Å². The van der Waals surface area contributed by atoms with Gasteiger partial charge in [0.1, 0.15) is 0 Å². The highest BCUT2D eigenvalue weighted by atomic mass is 15.2. The fourth-order valence-electron chi connectivity index (χ4n) is 5.22. The highest BCUT2D eigenvalue weighted by Gasteiger charge is 2.38. The largest absolute Gasteiger partial charge is 0.311 e. The van der Waals surface area contributed by atoms with Crippen LogP contribution in [0, 0.1) is 11.8 Å². The van der Waals surface area contributed by atoms with Crippen LogP contribution < -0.4 is 5.32 Å². The van der Waals surface area contributed by atoms with Crippen LogP contribution in [0.1, 0.15) is 71.6 Å². The van der Waals surface area contributed by atoms with Crippen LogP contribution >= 0.6 is 0 Å². The van der Waals surface area contributed by atoms with E-state index < -0.39 is 0 Å². The zero-order valence-corrected chi connectivity index (χ0v) is 13.8. The van der Waals surface area contributed by atoms with E-state index in [-0.39, 0.29) is 0 Å². The van der Waals surface area contributed by atoms with Gasteiger partial charge in [-0.15, -0.1) is 0 Å². The molecule has 2 aliphatic heterocycles.